The highest BCUT2D eigenvalue weighted by atomic mass is 32.1. The van der Waals surface area contributed by atoms with Gasteiger partial charge in [-0.1, -0.05) is 133 Å². The summed E-state index contributed by atoms with van der Waals surface area (Å²) in [7, 11) is 0. The van der Waals surface area contributed by atoms with Crippen LogP contribution in [0.3, 0.4) is 0 Å². The summed E-state index contributed by atoms with van der Waals surface area (Å²) < 4.78 is 9.33. The number of hydrogen-bond donors (Lipinski definition) is 0. The average Bonchev–Trinajstić information content (AvgIpc) is 3.87. The largest absolute Gasteiger partial charge is 0.456 e. The fraction of sp³-hybridized carbons (Fsp3) is 0.0204. The first-order chi connectivity index (χ1) is 25.8. The quantitative estimate of drug-likeness (QED) is 0.180. The lowest BCUT2D eigenvalue weighted by atomic mass is 9.67. The Morgan fingerprint density at radius 3 is 1.88 bits per heavy atom. The number of nitrogens with zero attached hydrogens (tertiary/aromatic N) is 1. The summed E-state index contributed by atoms with van der Waals surface area (Å²) in [4.78, 5) is 2.39. The van der Waals surface area contributed by atoms with E-state index < -0.39 is 5.41 Å². The van der Waals surface area contributed by atoms with E-state index >= 15 is 0 Å². The Kier molecular flexibility index (Phi) is 6.37. The predicted octanol–water partition coefficient (Wildman–Crippen LogP) is 13.8. The van der Waals surface area contributed by atoms with Crippen LogP contribution < -0.4 is 4.90 Å². The number of para-hydroxylation sites is 1. The Bertz CT molecular complexity index is 2930. The number of benzene rings is 8. The van der Waals surface area contributed by atoms with E-state index in [9.17, 15) is 0 Å². The Morgan fingerprint density at radius 1 is 0.423 bits per heavy atom. The molecular weight excluding hydrogens is 651 g/mol. The fourth-order valence-electron chi connectivity index (χ4n) is 8.80. The van der Waals surface area contributed by atoms with Crippen molar-refractivity contribution in [3.05, 3.63) is 210 Å². The van der Waals surface area contributed by atoms with Gasteiger partial charge >= 0.3 is 0 Å². The fourth-order valence-corrected chi connectivity index (χ4v) is 9.92. The average molecular weight is 682 g/mol. The van der Waals surface area contributed by atoms with Gasteiger partial charge in [0.05, 0.1) is 11.1 Å². The molecule has 0 spiro atoms. The second kappa shape index (κ2) is 11.3. The summed E-state index contributed by atoms with van der Waals surface area (Å²) in [5.74, 6) is 0. The summed E-state index contributed by atoms with van der Waals surface area (Å²) >= 11 is 1.85. The lowest BCUT2D eigenvalue weighted by molar-refractivity contribution is 0.665. The molecule has 11 rings (SSSR count). The third kappa shape index (κ3) is 4.11. The van der Waals surface area contributed by atoms with Crippen molar-refractivity contribution in [1.82, 2.24) is 0 Å². The van der Waals surface area contributed by atoms with Gasteiger partial charge in [0.15, 0.2) is 0 Å². The van der Waals surface area contributed by atoms with Crippen LogP contribution in [0, 0.1) is 0 Å². The van der Waals surface area contributed by atoms with Crippen molar-refractivity contribution in [2.45, 2.75) is 5.41 Å². The van der Waals surface area contributed by atoms with Gasteiger partial charge < -0.3 is 9.32 Å². The monoisotopic (exact) mass is 681 g/mol. The molecule has 0 saturated carbocycles. The number of furan rings is 1. The molecule has 52 heavy (non-hydrogen) atoms. The SMILES string of the molecule is c1ccc(N(c2ccc3oc4cc(C5(c6ccccc6)c6ccccc6-c6ccccc65)ccc4c3c2)c2cccc3sc4ccccc4c23)cc1. The minimum absolute atomic E-state index is 0.473. The third-order valence-electron chi connectivity index (χ3n) is 10.9. The van der Waals surface area contributed by atoms with Gasteiger partial charge in [-0.15, -0.1) is 11.3 Å². The molecule has 0 bridgehead atoms. The molecule has 0 unspecified atom stereocenters. The van der Waals surface area contributed by atoms with Crippen molar-refractivity contribution in [3.8, 4) is 11.1 Å². The van der Waals surface area contributed by atoms with Gasteiger partial charge in [-0.25, -0.2) is 0 Å². The number of thiophene rings is 1. The van der Waals surface area contributed by atoms with Gasteiger partial charge in [0.25, 0.3) is 0 Å². The lowest BCUT2D eigenvalue weighted by Crippen LogP contribution is -2.28. The van der Waals surface area contributed by atoms with Gasteiger partial charge in [0.2, 0.25) is 0 Å². The standard InChI is InChI=1S/C49H31NOS/c1-3-14-32(15-4-1)49(41-21-10-7-18-36(41)37-19-8-11-22-42(37)49)33-26-28-38-40-31-35(27-29-44(40)51-45(38)30-33)50(34-16-5-2-6-17-34)43-23-13-25-47-48(43)39-20-9-12-24-46(39)52-47/h1-31H. The van der Waals surface area contributed by atoms with E-state index in [4.69, 9.17) is 4.42 Å². The summed E-state index contributed by atoms with van der Waals surface area (Å²) in [5, 5.41) is 4.76. The van der Waals surface area contributed by atoms with Crippen LogP contribution in [-0.4, -0.2) is 0 Å². The van der Waals surface area contributed by atoms with E-state index in [0.29, 0.717) is 0 Å². The van der Waals surface area contributed by atoms with E-state index in [1.807, 2.05) is 11.3 Å². The van der Waals surface area contributed by atoms with Gasteiger partial charge in [0, 0.05) is 42.3 Å². The Morgan fingerprint density at radius 2 is 1.10 bits per heavy atom. The highest BCUT2D eigenvalue weighted by Gasteiger charge is 2.46. The highest BCUT2D eigenvalue weighted by molar-refractivity contribution is 7.26. The second-order valence-corrected chi connectivity index (χ2v) is 14.7. The van der Waals surface area contributed by atoms with Crippen LogP contribution in [0.1, 0.15) is 22.3 Å². The van der Waals surface area contributed by atoms with Gasteiger partial charge in [-0.2, -0.15) is 0 Å². The lowest BCUT2D eigenvalue weighted by Gasteiger charge is -2.33. The van der Waals surface area contributed by atoms with Crippen LogP contribution >= 0.6 is 11.3 Å². The summed E-state index contributed by atoms with van der Waals surface area (Å²) in [6, 6.07) is 68.3. The number of hydrogen-bond acceptors (Lipinski definition) is 3. The molecule has 0 fully saturated rings. The summed E-state index contributed by atoms with van der Waals surface area (Å²) in [5.41, 5.74) is 12.3. The summed E-state index contributed by atoms with van der Waals surface area (Å²) in [6.45, 7) is 0. The van der Waals surface area contributed by atoms with Crippen LogP contribution in [0.4, 0.5) is 17.1 Å². The number of rotatable bonds is 5. The van der Waals surface area contributed by atoms with Gasteiger partial charge in [0.1, 0.15) is 11.2 Å². The maximum absolute atomic E-state index is 6.75. The molecule has 10 aromatic rings. The van der Waals surface area contributed by atoms with Crippen molar-refractivity contribution >= 4 is 70.5 Å². The molecule has 1 aliphatic rings. The number of anilines is 3. The molecule has 8 aromatic carbocycles. The molecule has 244 valence electrons. The molecule has 2 heterocycles. The van der Waals surface area contributed by atoms with Crippen molar-refractivity contribution in [1.29, 1.82) is 0 Å². The maximum atomic E-state index is 6.75. The first kappa shape index (κ1) is 29.3. The normalized spacial score (nSPS) is 13.2. The van der Waals surface area contributed by atoms with Gasteiger partial charge in [-0.05, 0) is 88.0 Å². The molecule has 1 aliphatic carbocycles. The molecule has 0 atom stereocenters. The Labute approximate surface area is 305 Å². The van der Waals surface area contributed by atoms with Crippen molar-refractivity contribution in [2.24, 2.45) is 0 Å². The van der Waals surface area contributed by atoms with Crippen LogP contribution in [0.5, 0.6) is 0 Å². The molecule has 2 aromatic heterocycles. The maximum Gasteiger partial charge on any atom is 0.135 e. The molecule has 0 amide bonds. The van der Waals surface area contributed by atoms with E-state index in [1.54, 1.807) is 0 Å². The molecular formula is C49H31NOS. The first-order valence-electron chi connectivity index (χ1n) is 17.8. The van der Waals surface area contributed by atoms with Crippen LogP contribution in [0.25, 0.3) is 53.2 Å². The third-order valence-corrected chi connectivity index (χ3v) is 12.1. The van der Waals surface area contributed by atoms with E-state index in [1.165, 1.54) is 59.2 Å². The van der Waals surface area contributed by atoms with Crippen LogP contribution in [0.15, 0.2) is 192 Å². The van der Waals surface area contributed by atoms with Crippen molar-refractivity contribution in [2.75, 3.05) is 4.90 Å². The zero-order valence-corrected chi connectivity index (χ0v) is 29.0. The molecule has 0 aliphatic heterocycles. The first-order valence-corrected chi connectivity index (χ1v) is 18.6. The number of fused-ring (bicyclic) bond motifs is 9. The minimum atomic E-state index is -0.473. The minimum Gasteiger partial charge on any atom is -0.456 e. The van der Waals surface area contributed by atoms with Crippen molar-refractivity contribution < 1.29 is 4.42 Å². The molecule has 0 saturated heterocycles. The summed E-state index contributed by atoms with van der Waals surface area (Å²) in [6.07, 6.45) is 0. The van der Waals surface area contributed by atoms with E-state index in [0.717, 1.165) is 33.3 Å². The zero-order chi connectivity index (χ0) is 34.2. The smallest absolute Gasteiger partial charge is 0.135 e. The molecule has 2 nitrogen and oxygen atoms in total. The Hall–Kier alpha value is -6.42. The van der Waals surface area contributed by atoms with Crippen LogP contribution in [-0.2, 0) is 5.41 Å². The van der Waals surface area contributed by atoms with Gasteiger partial charge in [-0.3, -0.25) is 0 Å². The predicted molar refractivity (Wildman–Crippen MR) is 219 cm³/mol. The Balaban J connectivity index is 1.13. The van der Waals surface area contributed by atoms with Crippen LogP contribution in [0.2, 0.25) is 0 Å². The van der Waals surface area contributed by atoms with E-state index in [2.05, 4.69) is 193 Å². The zero-order valence-electron chi connectivity index (χ0n) is 28.2. The van der Waals surface area contributed by atoms with E-state index in [-0.39, 0.29) is 0 Å². The highest BCUT2D eigenvalue weighted by Crippen LogP contribution is 2.56. The molecule has 3 heteroatoms. The molecule has 0 radical (unpaired) electrons. The topological polar surface area (TPSA) is 16.4 Å². The second-order valence-electron chi connectivity index (χ2n) is 13.6. The van der Waals surface area contributed by atoms with Crippen molar-refractivity contribution in [3.63, 3.8) is 0 Å². The molecule has 0 N–H and O–H groups in total.